The molecule has 0 bridgehead atoms. The minimum absolute atomic E-state index is 0.0841. The topological polar surface area (TPSA) is 80.5 Å². The number of nitrogens with zero attached hydrogens (tertiary/aromatic N) is 3. The van der Waals surface area contributed by atoms with Crippen LogP contribution in [0.2, 0.25) is 0 Å². The molecule has 152 valence electrons. The third-order valence-electron chi connectivity index (χ3n) is 4.02. The molecule has 7 nitrogen and oxygen atoms in total. The number of likely N-dealkylation sites (N-methyl/N-ethyl adjacent to an activating group) is 1. The van der Waals surface area contributed by atoms with Gasteiger partial charge in [0, 0.05) is 30.6 Å². The average Bonchev–Trinajstić information content (AvgIpc) is 3.19. The molecule has 3 rings (SSSR count). The van der Waals surface area contributed by atoms with Crippen LogP contribution in [0.25, 0.3) is 0 Å². The zero-order valence-electron chi connectivity index (χ0n) is 16.1. The maximum absolute atomic E-state index is 12.9. The van der Waals surface area contributed by atoms with Crippen LogP contribution in [0, 0.1) is 5.82 Å². The van der Waals surface area contributed by atoms with Gasteiger partial charge in [-0.05, 0) is 48.7 Å². The van der Waals surface area contributed by atoms with Crippen molar-refractivity contribution in [3.05, 3.63) is 66.1 Å². The molecular weight excluding hydrogens is 395 g/mol. The van der Waals surface area contributed by atoms with Gasteiger partial charge in [0.25, 0.3) is 5.89 Å². The van der Waals surface area contributed by atoms with E-state index in [1.54, 1.807) is 23.7 Å². The first-order chi connectivity index (χ1) is 14.0. The Labute approximate surface area is 172 Å². The van der Waals surface area contributed by atoms with Crippen LogP contribution in [0.4, 0.5) is 14.9 Å². The van der Waals surface area contributed by atoms with Crippen molar-refractivity contribution < 1.29 is 18.4 Å². The average molecular weight is 416 g/mol. The van der Waals surface area contributed by atoms with Gasteiger partial charge in [0.1, 0.15) is 11.6 Å². The predicted molar refractivity (Wildman–Crippen MR) is 109 cm³/mol. The zero-order chi connectivity index (χ0) is 20.6. The molecule has 0 aliphatic carbocycles. The van der Waals surface area contributed by atoms with Crippen LogP contribution in [-0.4, -0.2) is 40.9 Å². The number of aromatic nitrogens is 2. The number of urea groups is 1. The van der Waals surface area contributed by atoms with Crippen LogP contribution in [-0.2, 0) is 13.0 Å². The summed E-state index contributed by atoms with van der Waals surface area (Å²) in [5, 5.41) is 6.76. The first-order valence-corrected chi connectivity index (χ1v) is 10.1. The number of rotatable bonds is 8. The van der Waals surface area contributed by atoms with Crippen LogP contribution in [0.5, 0.6) is 5.75 Å². The molecule has 0 atom stereocenters. The van der Waals surface area contributed by atoms with E-state index in [-0.39, 0.29) is 18.5 Å². The molecule has 1 N–H and O–H groups in total. The number of nitrogens with one attached hydrogen (secondary N) is 1. The highest BCUT2D eigenvalue weighted by Gasteiger charge is 2.12. The van der Waals surface area contributed by atoms with Crippen molar-refractivity contribution in [2.75, 3.05) is 25.2 Å². The molecule has 0 radical (unpaired) electrons. The molecule has 0 fully saturated rings. The van der Waals surface area contributed by atoms with Crippen LogP contribution in [0.1, 0.15) is 11.7 Å². The summed E-state index contributed by atoms with van der Waals surface area (Å²) in [6, 6.07) is 13.1. The summed E-state index contributed by atoms with van der Waals surface area (Å²) in [5.74, 6) is 0.965. The number of ether oxygens (including phenoxy) is 1. The van der Waals surface area contributed by atoms with Crippen molar-refractivity contribution in [1.82, 2.24) is 15.0 Å². The summed E-state index contributed by atoms with van der Waals surface area (Å²) >= 11 is 1.61. The number of carbonyl (C=O) groups excluding carboxylic acids is 1. The monoisotopic (exact) mass is 416 g/mol. The van der Waals surface area contributed by atoms with Gasteiger partial charge in [0.15, 0.2) is 12.4 Å². The number of thioether (sulfide) groups is 1. The number of carbonyl (C=O) groups is 1. The fraction of sp³-hybridized carbons (Fsp3) is 0.250. The Hall–Kier alpha value is -3.07. The summed E-state index contributed by atoms with van der Waals surface area (Å²) in [6.45, 7) is 0.507. The van der Waals surface area contributed by atoms with E-state index < -0.39 is 0 Å². The van der Waals surface area contributed by atoms with Crippen LogP contribution >= 0.6 is 11.8 Å². The maximum Gasteiger partial charge on any atom is 0.321 e. The van der Waals surface area contributed by atoms with Gasteiger partial charge >= 0.3 is 6.03 Å². The molecule has 9 heteroatoms. The molecule has 0 spiro atoms. The second-order valence-electron chi connectivity index (χ2n) is 6.18. The van der Waals surface area contributed by atoms with E-state index in [2.05, 4.69) is 15.5 Å². The van der Waals surface area contributed by atoms with E-state index in [0.29, 0.717) is 30.4 Å². The Morgan fingerprint density at radius 2 is 2.07 bits per heavy atom. The predicted octanol–water partition coefficient (Wildman–Crippen LogP) is 4.22. The fourth-order valence-corrected chi connectivity index (χ4v) is 2.87. The van der Waals surface area contributed by atoms with Crippen molar-refractivity contribution >= 4 is 23.5 Å². The Balaban J connectivity index is 1.45. The summed E-state index contributed by atoms with van der Waals surface area (Å²) in [4.78, 5) is 19.2. The molecule has 0 aliphatic heterocycles. The Kier molecular flexibility index (Phi) is 7.07. The SMILES string of the molecule is CSc1cccc(NC(=O)N(C)CCc2noc(COc3ccc(F)cc3)n2)c1. The molecule has 2 amide bonds. The first kappa shape index (κ1) is 20.7. The standard InChI is InChI=1S/C20H21FN4O3S/c1-25(20(26)22-15-4-3-5-17(12-15)29-2)11-10-18-23-19(28-24-18)13-27-16-8-6-14(21)7-9-16/h3-9,12H,10-11,13H2,1-2H3,(H,22,26). The van der Waals surface area contributed by atoms with E-state index in [4.69, 9.17) is 9.26 Å². The lowest BCUT2D eigenvalue weighted by molar-refractivity contribution is 0.222. The molecule has 2 aromatic carbocycles. The normalized spacial score (nSPS) is 10.6. The maximum atomic E-state index is 12.9. The Bertz CT molecular complexity index is 949. The molecule has 29 heavy (non-hydrogen) atoms. The van der Waals surface area contributed by atoms with Crippen LogP contribution < -0.4 is 10.1 Å². The van der Waals surface area contributed by atoms with Crippen molar-refractivity contribution in [3.8, 4) is 5.75 Å². The highest BCUT2D eigenvalue weighted by molar-refractivity contribution is 7.98. The second kappa shape index (κ2) is 9.92. The molecule has 0 unspecified atom stereocenters. The van der Waals surface area contributed by atoms with Gasteiger partial charge < -0.3 is 19.5 Å². The van der Waals surface area contributed by atoms with Crippen LogP contribution in [0.15, 0.2) is 57.9 Å². The number of amides is 2. The van der Waals surface area contributed by atoms with Gasteiger partial charge in [0.2, 0.25) is 0 Å². The second-order valence-corrected chi connectivity index (χ2v) is 7.06. The summed E-state index contributed by atoms with van der Waals surface area (Å²) in [7, 11) is 1.70. The Morgan fingerprint density at radius 1 is 1.28 bits per heavy atom. The molecular formula is C20H21FN4O3S. The van der Waals surface area contributed by atoms with Crippen molar-refractivity contribution in [3.63, 3.8) is 0 Å². The number of anilines is 1. The van der Waals surface area contributed by atoms with Crippen molar-refractivity contribution in [2.45, 2.75) is 17.9 Å². The number of halogens is 1. The number of hydrogen-bond acceptors (Lipinski definition) is 6. The molecule has 0 saturated carbocycles. The van der Waals surface area contributed by atoms with Crippen molar-refractivity contribution in [2.24, 2.45) is 0 Å². The smallest absolute Gasteiger partial charge is 0.321 e. The molecule has 0 aliphatic rings. The highest BCUT2D eigenvalue weighted by Crippen LogP contribution is 2.19. The van der Waals surface area contributed by atoms with E-state index in [9.17, 15) is 9.18 Å². The van der Waals surface area contributed by atoms with Gasteiger partial charge in [-0.15, -0.1) is 11.8 Å². The minimum Gasteiger partial charge on any atom is -0.484 e. The minimum atomic E-state index is -0.331. The molecule has 1 heterocycles. The quantitative estimate of drug-likeness (QED) is 0.554. The van der Waals surface area contributed by atoms with E-state index >= 15 is 0 Å². The lowest BCUT2D eigenvalue weighted by Crippen LogP contribution is -2.33. The van der Waals surface area contributed by atoms with Gasteiger partial charge in [-0.3, -0.25) is 0 Å². The molecule has 3 aromatic rings. The Morgan fingerprint density at radius 3 is 2.83 bits per heavy atom. The van der Waals surface area contributed by atoms with E-state index in [0.717, 1.165) is 10.6 Å². The lowest BCUT2D eigenvalue weighted by atomic mass is 10.3. The highest BCUT2D eigenvalue weighted by atomic mass is 32.2. The number of hydrogen-bond donors (Lipinski definition) is 1. The van der Waals surface area contributed by atoms with E-state index in [1.807, 2.05) is 30.5 Å². The number of benzene rings is 2. The largest absolute Gasteiger partial charge is 0.484 e. The van der Waals surface area contributed by atoms with Gasteiger partial charge in [-0.25, -0.2) is 9.18 Å². The third kappa shape index (κ3) is 6.21. The third-order valence-corrected chi connectivity index (χ3v) is 4.75. The van der Waals surface area contributed by atoms with Crippen LogP contribution in [0.3, 0.4) is 0 Å². The zero-order valence-corrected chi connectivity index (χ0v) is 16.9. The van der Waals surface area contributed by atoms with Gasteiger partial charge in [-0.1, -0.05) is 11.2 Å². The lowest BCUT2D eigenvalue weighted by Gasteiger charge is -2.17. The molecule has 1 aromatic heterocycles. The molecule has 0 saturated heterocycles. The van der Waals surface area contributed by atoms with E-state index in [1.165, 1.54) is 24.3 Å². The van der Waals surface area contributed by atoms with Gasteiger partial charge in [0.05, 0.1) is 0 Å². The summed E-state index contributed by atoms with van der Waals surface area (Å²) in [6.07, 6.45) is 2.42. The summed E-state index contributed by atoms with van der Waals surface area (Å²) < 4.78 is 23.5. The fourth-order valence-electron chi connectivity index (χ4n) is 2.42. The van der Waals surface area contributed by atoms with Crippen molar-refractivity contribution in [1.29, 1.82) is 0 Å². The van der Waals surface area contributed by atoms with Gasteiger partial charge in [-0.2, -0.15) is 4.98 Å². The summed E-state index contributed by atoms with van der Waals surface area (Å²) in [5.41, 5.74) is 0.744. The first-order valence-electron chi connectivity index (χ1n) is 8.89.